The minimum absolute atomic E-state index is 0.0496. The summed E-state index contributed by atoms with van der Waals surface area (Å²) in [5, 5.41) is 9.15. The van der Waals surface area contributed by atoms with Crippen LogP contribution in [0.3, 0.4) is 0 Å². The maximum atomic E-state index is 13.0. The first-order chi connectivity index (χ1) is 13.1. The molecule has 4 rings (SSSR count). The SMILES string of the molecule is C[C@H]1C(=O)N(Cc2cccc(C#N)c2)c2c(N3CCC[C@@H](N)C3)ccnc21. The number of hydrogen-bond donors (Lipinski definition) is 1. The molecule has 2 aliphatic heterocycles. The van der Waals surface area contributed by atoms with Crippen molar-refractivity contribution < 1.29 is 4.79 Å². The Hall–Kier alpha value is -2.91. The van der Waals surface area contributed by atoms with Gasteiger partial charge in [-0.1, -0.05) is 12.1 Å². The number of fused-ring (bicyclic) bond motifs is 1. The van der Waals surface area contributed by atoms with Crippen molar-refractivity contribution >= 4 is 17.3 Å². The van der Waals surface area contributed by atoms with Crippen molar-refractivity contribution in [3.05, 3.63) is 53.3 Å². The van der Waals surface area contributed by atoms with Crippen molar-refractivity contribution in [3.63, 3.8) is 0 Å². The lowest BCUT2D eigenvalue weighted by Crippen LogP contribution is -2.43. The van der Waals surface area contributed by atoms with Gasteiger partial charge < -0.3 is 15.5 Å². The molecule has 0 spiro atoms. The molecule has 138 valence electrons. The number of carbonyl (C=O) groups is 1. The number of piperidine rings is 1. The third-order valence-corrected chi connectivity index (χ3v) is 5.44. The number of nitriles is 1. The second kappa shape index (κ2) is 7.01. The average molecular weight is 361 g/mol. The summed E-state index contributed by atoms with van der Waals surface area (Å²) in [7, 11) is 0. The molecule has 2 N–H and O–H groups in total. The predicted octanol–water partition coefficient (Wildman–Crippen LogP) is 2.53. The van der Waals surface area contributed by atoms with Crippen LogP contribution in [-0.4, -0.2) is 30.0 Å². The molecule has 0 radical (unpaired) electrons. The fourth-order valence-corrected chi connectivity index (χ4v) is 4.08. The van der Waals surface area contributed by atoms with Crippen LogP contribution in [0.25, 0.3) is 0 Å². The van der Waals surface area contributed by atoms with Crippen LogP contribution in [0.2, 0.25) is 0 Å². The minimum atomic E-state index is -0.266. The molecule has 27 heavy (non-hydrogen) atoms. The van der Waals surface area contributed by atoms with Crippen LogP contribution >= 0.6 is 0 Å². The van der Waals surface area contributed by atoms with Crippen molar-refractivity contribution in [2.24, 2.45) is 5.73 Å². The molecule has 6 heteroatoms. The Kier molecular flexibility index (Phi) is 4.54. The maximum absolute atomic E-state index is 13.0. The van der Waals surface area contributed by atoms with Crippen molar-refractivity contribution in [3.8, 4) is 6.07 Å². The number of hydrogen-bond acceptors (Lipinski definition) is 5. The zero-order chi connectivity index (χ0) is 19.0. The summed E-state index contributed by atoms with van der Waals surface area (Å²) in [4.78, 5) is 21.6. The van der Waals surface area contributed by atoms with Crippen LogP contribution in [0.1, 0.15) is 42.5 Å². The van der Waals surface area contributed by atoms with Gasteiger partial charge in [-0.15, -0.1) is 0 Å². The Morgan fingerprint density at radius 2 is 2.22 bits per heavy atom. The maximum Gasteiger partial charge on any atom is 0.236 e. The Balaban J connectivity index is 1.73. The van der Waals surface area contributed by atoms with Crippen molar-refractivity contribution in [2.75, 3.05) is 22.9 Å². The summed E-state index contributed by atoms with van der Waals surface area (Å²) >= 11 is 0. The van der Waals surface area contributed by atoms with Gasteiger partial charge in [-0.25, -0.2) is 0 Å². The number of pyridine rings is 1. The molecule has 1 saturated heterocycles. The Morgan fingerprint density at radius 1 is 1.37 bits per heavy atom. The standard InChI is InChI=1S/C21H23N5O/c1-14-19-20(18(7-8-24-19)25-9-3-6-17(23)13-25)26(21(14)27)12-16-5-2-4-15(10-16)11-22/h2,4-5,7-8,10,14,17H,3,6,9,12-13,23H2,1H3/t14-,17-/m1/s1. The molecule has 0 saturated carbocycles. The molecule has 0 bridgehead atoms. The van der Waals surface area contributed by atoms with Crippen LogP contribution in [0.5, 0.6) is 0 Å². The first-order valence-electron chi connectivity index (χ1n) is 9.38. The summed E-state index contributed by atoms with van der Waals surface area (Å²) in [6.45, 7) is 4.07. The summed E-state index contributed by atoms with van der Waals surface area (Å²) in [5.41, 5.74) is 10.5. The van der Waals surface area contributed by atoms with Gasteiger partial charge in [0.1, 0.15) is 0 Å². The van der Waals surface area contributed by atoms with Crippen LogP contribution in [0.15, 0.2) is 36.5 Å². The molecule has 1 aromatic heterocycles. The topological polar surface area (TPSA) is 86.2 Å². The van der Waals surface area contributed by atoms with E-state index in [1.165, 1.54) is 0 Å². The van der Waals surface area contributed by atoms with E-state index in [4.69, 9.17) is 11.0 Å². The van der Waals surface area contributed by atoms with Crippen LogP contribution in [-0.2, 0) is 11.3 Å². The second-order valence-corrected chi connectivity index (χ2v) is 7.37. The lowest BCUT2D eigenvalue weighted by molar-refractivity contribution is -0.119. The summed E-state index contributed by atoms with van der Waals surface area (Å²) < 4.78 is 0. The number of nitrogens with zero attached hydrogens (tertiary/aromatic N) is 4. The van der Waals surface area contributed by atoms with Gasteiger partial charge in [-0.3, -0.25) is 9.78 Å². The quantitative estimate of drug-likeness (QED) is 0.908. The van der Waals surface area contributed by atoms with E-state index in [1.807, 2.05) is 36.1 Å². The highest BCUT2D eigenvalue weighted by Gasteiger charge is 2.38. The van der Waals surface area contributed by atoms with E-state index < -0.39 is 0 Å². The lowest BCUT2D eigenvalue weighted by Gasteiger charge is -2.35. The highest BCUT2D eigenvalue weighted by molar-refractivity contribution is 6.07. The number of aromatic nitrogens is 1. The number of nitrogens with two attached hydrogens (primary N) is 1. The molecular formula is C21H23N5O. The zero-order valence-corrected chi connectivity index (χ0v) is 15.4. The van der Waals surface area contributed by atoms with Crippen LogP contribution < -0.4 is 15.5 Å². The number of anilines is 2. The van der Waals surface area contributed by atoms with Gasteiger partial charge in [0, 0.05) is 25.3 Å². The molecule has 2 atom stereocenters. The number of benzene rings is 1. The van der Waals surface area contributed by atoms with E-state index >= 15 is 0 Å². The van der Waals surface area contributed by atoms with Gasteiger partial charge in [0.15, 0.2) is 0 Å². The number of rotatable bonds is 3. The molecule has 0 aliphatic carbocycles. The zero-order valence-electron chi connectivity index (χ0n) is 15.4. The highest BCUT2D eigenvalue weighted by atomic mass is 16.2. The van der Waals surface area contributed by atoms with Crippen molar-refractivity contribution in [1.29, 1.82) is 5.26 Å². The molecule has 6 nitrogen and oxygen atoms in total. The Bertz CT molecular complexity index is 919. The molecule has 2 aliphatic rings. The van der Waals surface area contributed by atoms with Gasteiger partial charge in [-0.2, -0.15) is 5.26 Å². The lowest BCUT2D eigenvalue weighted by atomic mass is 10.0. The normalized spacial score (nSPS) is 21.9. The molecule has 1 fully saturated rings. The number of amides is 1. The Morgan fingerprint density at radius 3 is 3.00 bits per heavy atom. The van der Waals surface area contributed by atoms with Gasteiger partial charge in [0.25, 0.3) is 0 Å². The van der Waals surface area contributed by atoms with E-state index in [1.54, 1.807) is 12.3 Å². The number of carbonyl (C=O) groups excluding carboxylic acids is 1. The van der Waals surface area contributed by atoms with Crippen molar-refractivity contribution in [1.82, 2.24) is 4.98 Å². The van der Waals surface area contributed by atoms with E-state index in [-0.39, 0.29) is 17.9 Å². The van der Waals surface area contributed by atoms with Crippen molar-refractivity contribution in [2.45, 2.75) is 38.3 Å². The molecule has 0 unspecified atom stereocenters. The molecule has 1 aromatic carbocycles. The Labute approximate surface area is 159 Å². The van der Waals surface area contributed by atoms with Gasteiger partial charge in [-0.05, 0) is 43.5 Å². The molecule has 1 amide bonds. The second-order valence-electron chi connectivity index (χ2n) is 7.37. The summed E-state index contributed by atoms with van der Waals surface area (Å²) in [5.74, 6) is -0.216. The van der Waals surface area contributed by atoms with E-state index in [2.05, 4.69) is 16.0 Å². The van der Waals surface area contributed by atoms with Gasteiger partial charge >= 0.3 is 0 Å². The highest BCUT2D eigenvalue weighted by Crippen LogP contribution is 2.43. The summed E-state index contributed by atoms with van der Waals surface area (Å²) in [6, 6.07) is 11.7. The first kappa shape index (κ1) is 17.5. The smallest absolute Gasteiger partial charge is 0.236 e. The van der Waals surface area contributed by atoms with E-state index in [0.717, 1.165) is 48.6 Å². The fraction of sp³-hybridized carbons (Fsp3) is 0.381. The molecule has 2 aromatic rings. The average Bonchev–Trinajstić information content (AvgIpc) is 2.93. The predicted molar refractivity (Wildman–Crippen MR) is 104 cm³/mol. The minimum Gasteiger partial charge on any atom is -0.368 e. The summed E-state index contributed by atoms with van der Waals surface area (Å²) in [6.07, 6.45) is 3.87. The third-order valence-electron chi connectivity index (χ3n) is 5.44. The third kappa shape index (κ3) is 3.15. The first-order valence-corrected chi connectivity index (χ1v) is 9.38. The largest absolute Gasteiger partial charge is 0.368 e. The fourth-order valence-electron chi connectivity index (χ4n) is 4.08. The molecule has 3 heterocycles. The van der Waals surface area contributed by atoms with Gasteiger partial charge in [0.2, 0.25) is 5.91 Å². The van der Waals surface area contributed by atoms with Crippen LogP contribution in [0, 0.1) is 11.3 Å². The van der Waals surface area contributed by atoms with Crippen LogP contribution in [0.4, 0.5) is 11.4 Å². The van der Waals surface area contributed by atoms with E-state index in [9.17, 15) is 4.79 Å². The van der Waals surface area contributed by atoms with E-state index in [0.29, 0.717) is 12.1 Å². The monoisotopic (exact) mass is 361 g/mol. The van der Waals surface area contributed by atoms with Gasteiger partial charge in [0.05, 0.1) is 41.2 Å². The molecular weight excluding hydrogens is 338 g/mol.